The first-order valence-electron chi connectivity index (χ1n) is 5.59. The molecule has 5 heteroatoms. The van der Waals surface area contributed by atoms with Gasteiger partial charge in [0, 0.05) is 25.7 Å². The van der Waals surface area contributed by atoms with E-state index in [2.05, 4.69) is 34.0 Å². The summed E-state index contributed by atoms with van der Waals surface area (Å²) >= 11 is 0. The minimum atomic E-state index is -0.0492. The molecule has 1 aromatic rings. The summed E-state index contributed by atoms with van der Waals surface area (Å²) in [5, 5.41) is 17.0. The molecule has 1 fully saturated rings. The molecule has 0 bridgehead atoms. The van der Waals surface area contributed by atoms with Crippen LogP contribution in [-0.4, -0.2) is 52.9 Å². The van der Waals surface area contributed by atoms with E-state index in [0.29, 0.717) is 11.7 Å². The maximum atomic E-state index is 8.89. The summed E-state index contributed by atoms with van der Waals surface area (Å²) in [6.07, 6.45) is 0. The first kappa shape index (κ1) is 11.3. The second-order valence-corrected chi connectivity index (χ2v) is 4.32. The lowest BCUT2D eigenvalue weighted by Gasteiger charge is -2.38. The van der Waals surface area contributed by atoms with Crippen molar-refractivity contribution in [3.63, 3.8) is 0 Å². The smallest absolute Gasteiger partial charge is 0.151 e. The lowest BCUT2D eigenvalue weighted by molar-refractivity contribution is 0.233. The summed E-state index contributed by atoms with van der Waals surface area (Å²) in [4.78, 5) is 4.57. The van der Waals surface area contributed by atoms with Crippen LogP contribution in [0.5, 0.6) is 0 Å². The van der Waals surface area contributed by atoms with E-state index >= 15 is 0 Å². The van der Waals surface area contributed by atoms with Gasteiger partial charge in [-0.3, -0.25) is 0 Å². The fraction of sp³-hybridized carbons (Fsp3) is 0.636. The highest BCUT2D eigenvalue weighted by molar-refractivity contribution is 5.38. The molecule has 88 valence electrons. The van der Waals surface area contributed by atoms with Crippen molar-refractivity contribution in [2.24, 2.45) is 0 Å². The van der Waals surface area contributed by atoms with Crippen molar-refractivity contribution in [2.75, 3.05) is 31.6 Å². The number of aliphatic hydroxyl groups is 1. The van der Waals surface area contributed by atoms with Crippen LogP contribution < -0.4 is 4.90 Å². The van der Waals surface area contributed by atoms with Gasteiger partial charge in [-0.25, -0.2) is 0 Å². The Labute approximate surface area is 95.7 Å². The van der Waals surface area contributed by atoms with Gasteiger partial charge in [0.05, 0.1) is 12.3 Å². The van der Waals surface area contributed by atoms with Crippen LogP contribution in [0.3, 0.4) is 0 Å². The number of hydrogen-bond donors (Lipinski definition) is 1. The highest BCUT2D eigenvalue weighted by atomic mass is 16.3. The zero-order valence-corrected chi connectivity index (χ0v) is 9.80. The number of nitrogens with zero attached hydrogens (tertiary/aromatic N) is 4. The molecule has 1 unspecified atom stereocenters. The Bertz CT molecular complexity index is 340. The van der Waals surface area contributed by atoms with Gasteiger partial charge in [-0.2, -0.15) is 5.10 Å². The number of hydrogen-bond acceptors (Lipinski definition) is 5. The van der Waals surface area contributed by atoms with Crippen molar-refractivity contribution >= 4 is 5.82 Å². The van der Waals surface area contributed by atoms with Crippen molar-refractivity contribution in [2.45, 2.75) is 19.6 Å². The average Bonchev–Trinajstić information content (AvgIpc) is 2.33. The molecule has 1 N–H and O–H groups in total. The Hall–Kier alpha value is -1.20. The normalized spacial score (nSPS) is 22.4. The summed E-state index contributed by atoms with van der Waals surface area (Å²) in [6.45, 7) is 5.16. The van der Waals surface area contributed by atoms with Crippen LogP contribution in [0.15, 0.2) is 12.1 Å². The monoisotopic (exact) mass is 222 g/mol. The molecule has 1 saturated heterocycles. The number of rotatable bonds is 2. The number of aliphatic hydroxyl groups excluding tert-OH is 1. The Morgan fingerprint density at radius 1 is 1.38 bits per heavy atom. The molecule has 0 aliphatic carbocycles. The van der Waals surface area contributed by atoms with Gasteiger partial charge >= 0.3 is 0 Å². The van der Waals surface area contributed by atoms with Crippen LogP contribution in [0, 0.1) is 0 Å². The Morgan fingerprint density at radius 2 is 2.19 bits per heavy atom. The molecule has 5 nitrogen and oxygen atoms in total. The largest absolute Gasteiger partial charge is 0.390 e. The molecule has 2 heterocycles. The molecule has 0 amide bonds. The van der Waals surface area contributed by atoms with Crippen LogP contribution >= 0.6 is 0 Å². The molecule has 0 saturated carbocycles. The van der Waals surface area contributed by atoms with Crippen LogP contribution in [-0.2, 0) is 6.61 Å². The second-order valence-electron chi connectivity index (χ2n) is 4.32. The molecule has 0 radical (unpaired) electrons. The van der Waals surface area contributed by atoms with Gasteiger partial charge in [-0.1, -0.05) is 0 Å². The van der Waals surface area contributed by atoms with Gasteiger partial charge in [0.1, 0.15) is 0 Å². The molecule has 1 aliphatic rings. The standard InChI is InChI=1S/C11H18N4O/c1-9-7-15(6-5-14(9)2)11-4-3-10(8-16)12-13-11/h3-4,9,16H,5-8H2,1-2H3. The van der Waals surface area contributed by atoms with Crippen LogP contribution in [0.1, 0.15) is 12.6 Å². The zero-order valence-electron chi connectivity index (χ0n) is 9.80. The van der Waals surface area contributed by atoms with Gasteiger partial charge in [-0.15, -0.1) is 5.10 Å². The minimum Gasteiger partial charge on any atom is -0.390 e. The summed E-state index contributed by atoms with van der Waals surface area (Å²) in [5.74, 6) is 0.900. The fourth-order valence-corrected chi connectivity index (χ4v) is 1.86. The van der Waals surface area contributed by atoms with E-state index in [1.54, 1.807) is 0 Å². The zero-order chi connectivity index (χ0) is 11.5. The third-order valence-corrected chi connectivity index (χ3v) is 3.15. The maximum Gasteiger partial charge on any atom is 0.151 e. The molecule has 2 rings (SSSR count). The average molecular weight is 222 g/mol. The summed E-state index contributed by atoms with van der Waals surface area (Å²) < 4.78 is 0. The minimum absolute atomic E-state index is 0.0492. The Morgan fingerprint density at radius 3 is 2.75 bits per heavy atom. The van der Waals surface area contributed by atoms with E-state index < -0.39 is 0 Å². The van der Waals surface area contributed by atoms with Gasteiger partial charge < -0.3 is 14.9 Å². The molecule has 16 heavy (non-hydrogen) atoms. The molecular weight excluding hydrogens is 204 g/mol. The van der Waals surface area contributed by atoms with Crippen molar-refractivity contribution in [1.29, 1.82) is 0 Å². The first-order valence-corrected chi connectivity index (χ1v) is 5.59. The Balaban J connectivity index is 2.06. The van der Waals surface area contributed by atoms with Gasteiger partial charge in [0.25, 0.3) is 0 Å². The number of aromatic nitrogens is 2. The topological polar surface area (TPSA) is 52.5 Å². The Kier molecular flexibility index (Phi) is 3.36. The van der Waals surface area contributed by atoms with E-state index in [-0.39, 0.29) is 6.61 Å². The van der Waals surface area contributed by atoms with Crippen molar-refractivity contribution in [1.82, 2.24) is 15.1 Å². The molecule has 0 aromatic carbocycles. The predicted octanol–water partition coefficient (Wildman–Crippen LogP) is 0.109. The SMILES string of the molecule is CC1CN(c2ccc(CO)nn2)CCN1C. The van der Waals surface area contributed by atoms with Gasteiger partial charge in [-0.05, 0) is 26.1 Å². The van der Waals surface area contributed by atoms with Crippen molar-refractivity contribution in [3.05, 3.63) is 17.8 Å². The second kappa shape index (κ2) is 4.76. The van der Waals surface area contributed by atoms with Crippen molar-refractivity contribution < 1.29 is 5.11 Å². The summed E-state index contributed by atoms with van der Waals surface area (Å²) in [6, 6.07) is 4.29. The summed E-state index contributed by atoms with van der Waals surface area (Å²) in [7, 11) is 2.14. The first-order chi connectivity index (χ1) is 7.70. The van der Waals surface area contributed by atoms with Gasteiger partial charge in [0.15, 0.2) is 5.82 Å². The van der Waals surface area contributed by atoms with Crippen LogP contribution in [0.4, 0.5) is 5.82 Å². The van der Waals surface area contributed by atoms with Crippen molar-refractivity contribution in [3.8, 4) is 0 Å². The number of piperazine rings is 1. The van der Waals surface area contributed by atoms with E-state index in [1.165, 1.54) is 0 Å². The van der Waals surface area contributed by atoms with E-state index in [4.69, 9.17) is 5.11 Å². The van der Waals surface area contributed by atoms with E-state index in [9.17, 15) is 0 Å². The highest BCUT2D eigenvalue weighted by Gasteiger charge is 2.21. The van der Waals surface area contributed by atoms with Crippen LogP contribution in [0.25, 0.3) is 0 Å². The van der Waals surface area contributed by atoms with Gasteiger partial charge in [0.2, 0.25) is 0 Å². The van der Waals surface area contributed by atoms with E-state index in [1.807, 2.05) is 12.1 Å². The highest BCUT2D eigenvalue weighted by Crippen LogP contribution is 2.15. The quantitative estimate of drug-likeness (QED) is 0.769. The molecule has 1 aliphatic heterocycles. The number of likely N-dealkylation sites (N-methyl/N-ethyl adjacent to an activating group) is 1. The molecule has 1 atom stereocenters. The van der Waals surface area contributed by atoms with E-state index in [0.717, 1.165) is 25.5 Å². The van der Waals surface area contributed by atoms with Crippen LogP contribution in [0.2, 0.25) is 0 Å². The molecule has 1 aromatic heterocycles. The molecule has 0 spiro atoms. The third kappa shape index (κ3) is 2.31. The maximum absolute atomic E-state index is 8.89. The lowest BCUT2D eigenvalue weighted by atomic mass is 10.2. The fourth-order valence-electron chi connectivity index (χ4n) is 1.86. The summed E-state index contributed by atoms with van der Waals surface area (Å²) in [5.41, 5.74) is 0.617. The third-order valence-electron chi connectivity index (χ3n) is 3.15. The molecular formula is C11H18N4O. The predicted molar refractivity (Wildman–Crippen MR) is 62.3 cm³/mol. The lowest BCUT2D eigenvalue weighted by Crippen LogP contribution is -2.50. The number of anilines is 1.